The van der Waals surface area contributed by atoms with Crippen LogP contribution >= 0.6 is 11.6 Å². The molecule has 1 unspecified atom stereocenters. The second-order valence-corrected chi connectivity index (χ2v) is 4.11. The number of fused-ring (bicyclic) bond motifs is 1. The Bertz CT molecular complexity index is 401. The Morgan fingerprint density at radius 3 is 2.93 bits per heavy atom. The molecule has 0 N–H and O–H groups in total. The van der Waals surface area contributed by atoms with Crippen molar-refractivity contribution in [2.24, 2.45) is 5.92 Å². The summed E-state index contributed by atoms with van der Waals surface area (Å²) in [5, 5.41) is 0.0335. The zero-order valence-electron chi connectivity index (χ0n) is 7.81. The fraction of sp³-hybridized carbons (Fsp3) is 0.364. The first kappa shape index (κ1) is 9.66. The Kier molecular flexibility index (Phi) is 2.31. The molecule has 0 fully saturated rings. The summed E-state index contributed by atoms with van der Waals surface area (Å²) in [5.41, 5.74) is 0.992. The van der Waals surface area contributed by atoms with Crippen LogP contribution in [-0.2, 0) is 6.42 Å². The molecule has 74 valence electrons. The number of carbonyl (C=O) groups excluding carboxylic acids is 1. The predicted molar refractivity (Wildman–Crippen MR) is 53.2 cm³/mol. The van der Waals surface area contributed by atoms with Gasteiger partial charge in [0.25, 0.3) is 0 Å². The SMILES string of the molecule is CC1CCc2ccc(Cl)c(F)c2C1=O. The smallest absolute Gasteiger partial charge is 0.168 e. The monoisotopic (exact) mass is 212 g/mol. The Morgan fingerprint density at radius 2 is 2.21 bits per heavy atom. The van der Waals surface area contributed by atoms with E-state index in [2.05, 4.69) is 0 Å². The molecule has 1 aliphatic rings. The number of ketones is 1. The highest BCUT2D eigenvalue weighted by Crippen LogP contribution is 2.30. The van der Waals surface area contributed by atoms with Gasteiger partial charge in [-0.2, -0.15) is 0 Å². The molecule has 0 aromatic heterocycles. The minimum atomic E-state index is -0.555. The van der Waals surface area contributed by atoms with Crippen molar-refractivity contribution >= 4 is 17.4 Å². The van der Waals surface area contributed by atoms with Crippen molar-refractivity contribution < 1.29 is 9.18 Å². The van der Waals surface area contributed by atoms with Gasteiger partial charge in [-0.25, -0.2) is 4.39 Å². The molecule has 1 aliphatic carbocycles. The molecule has 1 aromatic rings. The number of Topliss-reactive ketones (excluding diaryl/α,β-unsaturated/α-hetero) is 1. The third-order valence-corrected chi connectivity index (χ3v) is 3.01. The number of hydrogen-bond acceptors (Lipinski definition) is 1. The van der Waals surface area contributed by atoms with Crippen molar-refractivity contribution in [3.8, 4) is 0 Å². The van der Waals surface area contributed by atoms with E-state index in [1.807, 2.05) is 6.92 Å². The maximum absolute atomic E-state index is 13.6. The molecule has 0 bridgehead atoms. The van der Waals surface area contributed by atoms with Gasteiger partial charge in [-0.3, -0.25) is 4.79 Å². The Morgan fingerprint density at radius 1 is 1.50 bits per heavy atom. The number of hydrogen-bond donors (Lipinski definition) is 0. The fourth-order valence-corrected chi connectivity index (χ4v) is 1.97. The van der Waals surface area contributed by atoms with Crippen molar-refractivity contribution in [1.29, 1.82) is 0 Å². The van der Waals surface area contributed by atoms with Crippen molar-refractivity contribution in [3.05, 3.63) is 34.1 Å². The first-order valence-corrected chi connectivity index (χ1v) is 5.00. The number of rotatable bonds is 0. The van der Waals surface area contributed by atoms with E-state index in [9.17, 15) is 9.18 Å². The van der Waals surface area contributed by atoms with Gasteiger partial charge in [0.15, 0.2) is 11.6 Å². The Labute approximate surface area is 86.9 Å². The lowest BCUT2D eigenvalue weighted by Gasteiger charge is -2.20. The third-order valence-electron chi connectivity index (χ3n) is 2.72. The summed E-state index contributed by atoms with van der Waals surface area (Å²) >= 11 is 5.63. The summed E-state index contributed by atoms with van der Waals surface area (Å²) in [7, 11) is 0. The van der Waals surface area contributed by atoms with Gasteiger partial charge in [0.1, 0.15) is 0 Å². The van der Waals surface area contributed by atoms with E-state index in [-0.39, 0.29) is 22.3 Å². The van der Waals surface area contributed by atoms with Crippen LogP contribution in [0.4, 0.5) is 4.39 Å². The van der Waals surface area contributed by atoms with Crippen LogP contribution in [0.25, 0.3) is 0 Å². The van der Waals surface area contributed by atoms with Gasteiger partial charge in [-0.1, -0.05) is 24.6 Å². The summed E-state index contributed by atoms with van der Waals surface area (Å²) in [6.45, 7) is 1.83. The van der Waals surface area contributed by atoms with Crippen LogP contribution in [0.1, 0.15) is 29.3 Å². The van der Waals surface area contributed by atoms with Crippen LogP contribution in [0.3, 0.4) is 0 Å². The lowest BCUT2D eigenvalue weighted by molar-refractivity contribution is 0.0909. The maximum Gasteiger partial charge on any atom is 0.168 e. The van der Waals surface area contributed by atoms with Crippen molar-refractivity contribution in [3.63, 3.8) is 0 Å². The normalized spacial score (nSPS) is 20.8. The molecule has 0 saturated heterocycles. The first-order valence-electron chi connectivity index (χ1n) is 4.62. The second-order valence-electron chi connectivity index (χ2n) is 3.70. The molecule has 0 amide bonds. The molecule has 0 aliphatic heterocycles. The summed E-state index contributed by atoms with van der Waals surface area (Å²) in [5.74, 6) is -0.762. The average molecular weight is 213 g/mol. The van der Waals surface area contributed by atoms with Gasteiger partial charge in [0, 0.05) is 5.92 Å². The van der Waals surface area contributed by atoms with Crippen LogP contribution in [0.5, 0.6) is 0 Å². The molecular formula is C11H10ClFO. The number of carbonyl (C=O) groups is 1. The van der Waals surface area contributed by atoms with Crippen molar-refractivity contribution in [2.75, 3.05) is 0 Å². The molecule has 1 nitrogen and oxygen atoms in total. The zero-order valence-corrected chi connectivity index (χ0v) is 8.57. The molecule has 14 heavy (non-hydrogen) atoms. The van der Waals surface area contributed by atoms with Gasteiger partial charge in [-0.05, 0) is 24.5 Å². The summed E-state index contributed by atoms with van der Waals surface area (Å²) in [4.78, 5) is 11.7. The van der Waals surface area contributed by atoms with E-state index in [1.54, 1.807) is 6.07 Å². The fourth-order valence-electron chi connectivity index (χ4n) is 1.81. The van der Waals surface area contributed by atoms with Crippen LogP contribution in [0, 0.1) is 11.7 Å². The molecule has 0 heterocycles. The molecular weight excluding hydrogens is 203 g/mol. The minimum absolute atomic E-state index is 0.0335. The van der Waals surface area contributed by atoms with Crippen molar-refractivity contribution in [2.45, 2.75) is 19.8 Å². The first-order chi connectivity index (χ1) is 6.61. The molecule has 3 heteroatoms. The van der Waals surface area contributed by atoms with Crippen LogP contribution < -0.4 is 0 Å². The zero-order chi connectivity index (χ0) is 10.3. The molecule has 0 spiro atoms. The van der Waals surface area contributed by atoms with Crippen molar-refractivity contribution in [1.82, 2.24) is 0 Å². The summed E-state index contributed by atoms with van der Waals surface area (Å²) in [6.07, 6.45) is 1.56. The van der Waals surface area contributed by atoms with Crippen LogP contribution in [0.15, 0.2) is 12.1 Å². The quantitative estimate of drug-likeness (QED) is 0.645. The highest BCUT2D eigenvalue weighted by Gasteiger charge is 2.27. The highest BCUT2D eigenvalue weighted by molar-refractivity contribution is 6.31. The largest absolute Gasteiger partial charge is 0.294 e. The maximum atomic E-state index is 13.6. The van der Waals surface area contributed by atoms with Crippen LogP contribution in [0.2, 0.25) is 5.02 Å². The van der Waals surface area contributed by atoms with Crippen LogP contribution in [-0.4, -0.2) is 5.78 Å². The lowest BCUT2D eigenvalue weighted by atomic mass is 9.83. The van der Waals surface area contributed by atoms with E-state index in [0.29, 0.717) is 0 Å². The molecule has 2 rings (SSSR count). The van der Waals surface area contributed by atoms with Gasteiger partial charge in [0.2, 0.25) is 0 Å². The molecule has 1 atom stereocenters. The topological polar surface area (TPSA) is 17.1 Å². The minimum Gasteiger partial charge on any atom is -0.294 e. The molecule has 1 aromatic carbocycles. The van der Waals surface area contributed by atoms with E-state index in [4.69, 9.17) is 11.6 Å². The number of halogens is 2. The predicted octanol–water partition coefficient (Wildman–Crippen LogP) is 3.24. The van der Waals surface area contributed by atoms with E-state index in [0.717, 1.165) is 18.4 Å². The highest BCUT2D eigenvalue weighted by atomic mass is 35.5. The standard InChI is InChI=1S/C11H10ClFO/c1-6-2-3-7-4-5-8(12)10(13)9(7)11(6)14/h4-6H,2-3H2,1H3. The molecule has 0 saturated carbocycles. The van der Waals surface area contributed by atoms with E-state index >= 15 is 0 Å². The van der Waals surface area contributed by atoms with Gasteiger partial charge in [-0.15, -0.1) is 0 Å². The number of benzene rings is 1. The average Bonchev–Trinajstić information content (AvgIpc) is 2.17. The molecule has 0 radical (unpaired) electrons. The van der Waals surface area contributed by atoms with Gasteiger partial charge >= 0.3 is 0 Å². The van der Waals surface area contributed by atoms with E-state index in [1.165, 1.54) is 6.07 Å². The lowest BCUT2D eigenvalue weighted by Crippen LogP contribution is -2.21. The van der Waals surface area contributed by atoms with E-state index < -0.39 is 5.82 Å². The Balaban J connectivity index is 2.62. The van der Waals surface area contributed by atoms with Gasteiger partial charge < -0.3 is 0 Å². The van der Waals surface area contributed by atoms with Gasteiger partial charge in [0.05, 0.1) is 10.6 Å². The summed E-state index contributed by atoms with van der Waals surface area (Å²) < 4.78 is 13.6. The third kappa shape index (κ3) is 1.34. The second kappa shape index (κ2) is 3.35. The Hall–Kier alpha value is -0.890. The summed E-state index contributed by atoms with van der Waals surface area (Å²) in [6, 6.07) is 3.25. The number of aryl methyl sites for hydroxylation is 1.